The normalized spacial score (nSPS) is 13.5. The number of aromatic nitrogens is 1. The van der Waals surface area contributed by atoms with E-state index in [9.17, 15) is 9.59 Å². The van der Waals surface area contributed by atoms with Gasteiger partial charge < -0.3 is 15.0 Å². The largest absolute Gasteiger partial charge is 0.489 e. The van der Waals surface area contributed by atoms with Crippen molar-refractivity contribution in [2.45, 2.75) is 25.9 Å². The SMILES string of the molecule is O=C(Nc1ccc(C(=O)N2CCCCC2)c(Cl)c1)c1cccc(OCc2cccnc2)c1. The first-order chi connectivity index (χ1) is 15.6. The number of hydrogen-bond acceptors (Lipinski definition) is 4. The van der Waals surface area contributed by atoms with E-state index < -0.39 is 0 Å². The van der Waals surface area contributed by atoms with Crippen molar-refractivity contribution in [1.82, 2.24) is 9.88 Å². The van der Waals surface area contributed by atoms with Gasteiger partial charge in [0.25, 0.3) is 11.8 Å². The molecule has 7 heteroatoms. The van der Waals surface area contributed by atoms with Crippen LogP contribution in [-0.2, 0) is 6.61 Å². The van der Waals surface area contributed by atoms with Gasteiger partial charge in [-0.15, -0.1) is 0 Å². The average Bonchev–Trinajstić information content (AvgIpc) is 2.84. The summed E-state index contributed by atoms with van der Waals surface area (Å²) in [5.74, 6) is 0.232. The van der Waals surface area contributed by atoms with Gasteiger partial charge in [0.05, 0.1) is 10.6 Å². The predicted octanol–water partition coefficient (Wildman–Crippen LogP) is 5.19. The number of benzene rings is 2. The molecule has 2 amide bonds. The number of amides is 2. The molecule has 0 aliphatic carbocycles. The van der Waals surface area contributed by atoms with Gasteiger partial charge in [-0.05, 0) is 61.7 Å². The van der Waals surface area contributed by atoms with E-state index in [-0.39, 0.29) is 11.8 Å². The fourth-order valence-electron chi connectivity index (χ4n) is 3.61. The lowest BCUT2D eigenvalue weighted by Gasteiger charge is -2.27. The number of anilines is 1. The zero-order valence-corrected chi connectivity index (χ0v) is 18.3. The Morgan fingerprint density at radius 2 is 1.88 bits per heavy atom. The number of pyridine rings is 1. The summed E-state index contributed by atoms with van der Waals surface area (Å²) >= 11 is 6.37. The molecule has 0 unspecified atom stereocenters. The van der Waals surface area contributed by atoms with Crippen LogP contribution in [0.2, 0.25) is 5.02 Å². The summed E-state index contributed by atoms with van der Waals surface area (Å²) in [5.41, 5.74) is 2.38. The number of rotatable bonds is 6. The minimum Gasteiger partial charge on any atom is -0.489 e. The standard InChI is InChI=1S/C25H24ClN3O3/c26-23-15-20(9-10-22(23)25(31)29-12-2-1-3-13-29)28-24(30)19-7-4-8-21(14-19)32-17-18-6-5-11-27-16-18/h4-11,14-16H,1-3,12-13,17H2,(H,28,30). The lowest BCUT2D eigenvalue weighted by molar-refractivity contribution is 0.0724. The van der Waals surface area contributed by atoms with Gasteiger partial charge in [-0.2, -0.15) is 0 Å². The fraction of sp³-hybridized carbons (Fsp3) is 0.240. The van der Waals surface area contributed by atoms with Crippen molar-refractivity contribution in [3.8, 4) is 5.75 Å². The van der Waals surface area contributed by atoms with Gasteiger partial charge in [0.1, 0.15) is 12.4 Å². The number of ether oxygens (including phenoxy) is 1. The Morgan fingerprint density at radius 3 is 2.62 bits per heavy atom. The third-order valence-electron chi connectivity index (χ3n) is 5.33. The van der Waals surface area contributed by atoms with Crippen molar-refractivity contribution >= 4 is 29.1 Å². The molecule has 1 saturated heterocycles. The van der Waals surface area contributed by atoms with Crippen LogP contribution in [0.15, 0.2) is 67.0 Å². The molecule has 1 aliphatic rings. The Bertz CT molecular complexity index is 1100. The summed E-state index contributed by atoms with van der Waals surface area (Å²) in [6.07, 6.45) is 6.63. The second-order valence-electron chi connectivity index (χ2n) is 7.68. The molecule has 1 aliphatic heterocycles. The second kappa shape index (κ2) is 10.3. The molecule has 0 bridgehead atoms. The van der Waals surface area contributed by atoms with Gasteiger partial charge in [0.15, 0.2) is 0 Å². The maximum Gasteiger partial charge on any atom is 0.255 e. The van der Waals surface area contributed by atoms with Gasteiger partial charge in [0.2, 0.25) is 0 Å². The first-order valence-electron chi connectivity index (χ1n) is 10.6. The molecule has 2 heterocycles. The third-order valence-corrected chi connectivity index (χ3v) is 5.64. The molecule has 0 radical (unpaired) electrons. The molecule has 0 spiro atoms. The second-order valence-corrected chi connectivity index (χ2v) is 8.09. The molecular weight excluding hydrogens is 426 g/mol. The van der Waals surface area contributed by atoms with E-state index in [0.717, 1.165) is 37.9 Å². The van der Waals surface area contributed by atoms with E-state index in [4.69, 9.17) is 16.3 Å². The van der Waals surface area contributed by atoms with Crippen LogP contribution in [0.4, 0.5) is 5.69 Å². The number of carbonyl (C=O) groups excluding carboxylic acids is 2. The highest BCUT2D eigenvalue weighted by atomic mass is 35.5. The molecule has 1 fully saturated rings. The zero-order chi connectivity index (χ0) is 22.3. The molecule has 4 rings (SSSR count). The first-order valence-corrected chi connectivity index (χ1v) is 11.0. The summed E-state index contributed by atoms with van der Waals surface area (Å²) < 4.78 is 5.77. The molecule has 1 aromatic heterocycles. The highest BCUT2D eigenvalue weighted by molar-refractivity contribution is 6.34. The van der Waals surface area contributed by atoms with E-state index in [0.29, 0.717) is 34.2 Å². The zero-order valence-electron chi connectivity index (χ0n) is 17.6. The lowest BCUT2D eigenvalue weighted by atomic mass is 10.1. The Balaban J connectivity index is 1.40. The smallest absolute Gasteiger partial charge is 0.255 e. The number of hydrogen-bond donors (Lipinski definition) is 1. The minimum atomic E-state index is -0.289. The molecular formula is C25H24ClN3O3. The highest BCUT2D eigenvalue weighted by Crippen LogP contribution is 2.25. The van der Waals surface area contributed by atoms with Crippen LogP contribution in [0.3, 0.4) is 0 Å². The van der Waals surface area contributed by atoms with E-state index in [1.54, 1.807) is 54.9 Å². The van der Waals surface area contributed by atoms with Crippen LogP contribution in [0.1, 0.15) is 45.5 Å². The van der Waals surface area contributed by atoms with Crippen LogP contribution in [0.5, 0.6) is 5.75 Å². The van der Waals surface area contributed by atoms with E-state index in [1.165, 1.54) is 0 Å². The van der Waals surface area contributed by atoms with Crippen molar-refractivity contribution in [2.24, 2.45) is 0 Å². The Morgan fingerprint density at radius 1 is 1.03 bits per heavy atom. The van der Waals surface area contributed by atoms with Gasteiger partial charge in [-0.3, -0.25) is 14.6 Å². The third kappa shape index (κ3) is 5.45. The van der Waals surface area contributed by atoms with Crippen LogP contribution < -0.4 is 10.1 Å². The lowest BCUT2D eigenvalue weighted by Crippen LogP contribution is -2.35. The quantitative estimate of drug-likeness (QED) is 0.562. The van der Waals surface area contributed by atoms with E-state index in [2.05, 4.69) is 10.3 Å². The topological polar surface area (TPSA) is 71.5 Å². The maximum absolute atomic E-state index is 12.7. The summed E-state index contributed by atoms with van der Waals surface area (Å²) in [7, 11) is 0. The minimum absolute atomic E-state index is 0.0638. The molecule has 164 valence electrons. The van der Waals surface area contributed by atoms with E-state index >= 15 is 0 Å². The molecule has 32 heavy (non-hydrogen) atoms. The number of halogens is 1. The van der Waals surface area contributed by atoms with Gasteiger partial charge >= 0.3 is 0 Å². The number of nitrogens with one attached hydrogen (secondary N) is 1. The molecule has 2 aromatic carbocycles. The van der Waals surface area contributed by atoms with Crippen LogP contribution in [0.25, 0.3) is 0 Å². The number of nitrogens with zero attached hydrogens (tertiary/aromatic N) is 2. The number of piperidine rings is 1. The summed E-state index contributed by atoms with van der Waals surface area (Å²) in [6, 6.07) is 15.7. The molecule has 6 nitrogen and oxygen atoms in total. The van der Waals surface area contributed by atoms with E-state index in [1.807, 2.05) is 17.0 Å². The van der Waals surface area contributed by atoms with Gasteiger partial charge in [-0.1, -0.05) is 23.7 Å². The predicted molar refractivity (Wildman–Crippen MR) is 124 cm³/mol. The first kappa shape index (κ1) is 21.8. The maximum atomic E-state index is 12.7. The Labute approximate surface area is 192 Å². The number of carbonyl (C=O) groups is 2. The van der Waals surface area contributed by atoms with Crippen molar-refractivity contribution < 1.29 is 14.3 Å². The highest BCUT2D eigenvalue weighted by Gasteiger charge is 2.20. The molecule has 1 N–H and O–H groups in total. The van der Waals surface area contributed by atoms with Crippen molar-refractivity contribution in [1.29, 1.82) is 0 Å². The van der Waals surface area contributed by atoms with Crippen LogP contribution in [0, 0.1) is 0 Å². The van der Waals surface area contributed by atoms with Crippen LogP contribution >= 0.6 is 11.6 Å². The summed E-state index contributed by atoms with van der Waals surface area (Å²) in [6.45, 7) is 1.88. The average molecular weight is 450 g/mol. The summed E-state index contributed by atoms with van der Waals surface area (Å²) in [4.78, 5) is 31.3. The Hall–Kier alpha value is -3.38. The monoisotopic (exact) mass is 449 g/mol. The van der Waals surface area contributed by atoms with Crippen molar-refractivity contribution in [3.63, 3.8) is 0 Å². The Kier molecular flexibility index (Phi) is 7.02. The molecule has 0 saturated carbocycles. The van der Waals surface area contributed by atoms with Gasteiger partial charge in [-0.25, -0.2) is 0 Å². The van der Waals surface area contributed by atoms with Crippen LogP contribution in [-0.4, -0.2) is 34.8 Å². The molecule has 0 atom stereocenters. The van der Waals surface area contributed by atoms with Gasteiger partial charge in [0, 0.05) is 42.3 Å². The number of likely N-dealkylation sites (tertiary alicyclic amines) is 1. The van der Waals surface area contributed by atoms with Crippen molar-refractivity contribution in [2.75, 3.05) is 18.4 Å². The fourth-order valence-corrected chi connectivity index (χ4v) is 3.88. The summed E-state index contributed by atoms with van der Waals surface area (Å²) in [5, 5.41) is 3.16. The van der Waals surface area contributed by atoms with Crippen molar-refractivity contribution in [3.05, 3.63) is 88.7 Å². The molecule has 3 aromatic rings.